The third-order valence-electron chi connectivity index (χ3n) is 4.88. The van der Waals surface area contributed by atoms with Crippen LogP contribution in [0, 0.1) is 12.8 Å². The van der Waals surface area contributed by atoms with Crippen molar-refractivity contribution in [1.29, 1.82) is 0 Å². The maximum atomic E-state index is 6.14. The van der Waals surface area contributed by atoms with Crippen LogP contribution in [0.15, 0.2) is 16.5 Å². The monoisotopic (exact) mass is 264 g/mol. The van der Waals surface area contributed by atoms with E-state index in [1.165, 1.54) is 32.1 Å². The number of nitrogens with two attached hydrogens (primary N) is 1. The summed E-state index contributed by atoms with van der Waals surface area (Å²) in [4.78, 5) is 2.42. The van der Waals surface area contributed by atoms with E-state index < -0.39 is 0 Å². The van der Waals surface area contributed by atoms with Gasteiger partial charge < -0.3 is 10.2 Å². The minimum absolute atomic E-state index is 0.166. The van der Waals surface area contributed by atoms with Gasteiger partial charge in [0, 0.05) is 12.1 Å². The molecule has 1 aromatic rings. The molecule has 1 aromatic heterocycles. The number of rotatable bonds is 5. The van der Waals surface area contributed by atoms with Gasteiger partial charge >= 0.3 is 0 Å². The lowest BCUT2D eigenvalue weighted by atomic mass is 9.74. The van der Waals surface area contributed by atoms with Gasteiger partial charge in [0.25, 0.3) is 0 Å². The Bertz CT molecular complexity index is 401. The fraction of sp³-hybridized carbons (Fsp3) is 0.750. The molecular weight excluding hydrogens is 236 g/mol. The predicted octanol–water partition coefficient (Wildman–Crippen LogP) is 3.32. The number of hydrogen-bond donors (Lipinski definition) is 1. The summed E-state index contributed by atoms with van der Waals surface area (Å²) in [6.45, 7) is 5.91. The van der Waals surface area contributed by atoms with E-state index in [0.29, 0.717) is 0 Å². The second kappa shape index (κ2) is 6.10. The van der Waals surface area contributed by atoms with Crippen LogP contribution in [0.5, 0.6) is 0 Å². The third-order valence-corrected chi connectivity index (χ3v) is 4.88. The quantitative estimate of drug-likeness (QED) is 0.887. The minimum atomic E-state index is 0.166. The third kappa shape index (κ3) is 3.21. The molecule has 19 heavy (non-hydrogen) atoms. The van der Waals surface area contributed by atoms with E-state index in [1.54, 1.807) is 0 Å². The molecule has 0 bridgehead atoms. The van der Waals surface area contributed by atoms with E-state index >= 15 is 0 Å². The summed E-state index contributed by atoms with van der Waals surface area (Å²) < 4.78 is 5.71. The molecule has 2 atom stereocenters. The van der Waals surface area contributed by atoms with Crippen molar-refractivity contribution in [2.75, 3.05) is 13.6 Å². The first-order valence-electron chi connectivity index (χ1n) is 7.56. The van der Waals surface area contributed by atoms with Gasteiger partial charge in [0.2, 0.25) is 0 Å². The first-order valence-corrected chi connectivity index (χ1v) is 7.56. The van der Waals surface area contributed by atoms with Crippen LogP contribution in [-0.4, -0.2) is 24.0 Å². The molecule has 0 aromatic carbocycles. The molecule has 1 aliphatic carbocycles. The van der Waals surface area contributed by atoms with Crippen molar-refractivity contribution in [2.24, 2.45) is 11.7 Å². The van der Waals surface area contributed by atoms with Gasteiger partial charge in [0.05, 0.1) is 6.54 Å². The van der Waals surface area contributed by atoms with Crippen molar-refractivity contribution in [2.45, 2.75) is 58.0 Å². The molecule has 2 rings (SSSR count). The van der Waals surface area contributed by atoms with Crippen molar-refractivity contribution >= 4 is 0 Å². The first kappa shape index (κ1) is 14.6. The Morgan fingerprint density at radius 1 is 1.47 bits per heavy atom. The number of likely N-dealkylation sites (N-methyl/N-ethyl adjacent to an activating group) is 1. The largest absolute Gasteiger partial charge is 0.465 e. The second-order valence-corrected chi connectivity index (χ2v) is 6.17. The maximum Gasteiger partial charge on any atom is 0.118 e. The van der Waals surface area contributed by atoms with Crippen molar-refractivity contribution < 1.29 is 4.42 Å². The van der Waals surface area contributed by atoms with Gasteiger partial charge in [-0.3, -0.25) is 4.90 Å². The summed E-state index contributed by atoms with van der Waals surface area (Å²) in [5, 5.41) is 0. The van der Waals surface area contributed by atoms with Crippen molar-refractivity contribution in [1.82, 2.24) is 4.90 Å². The average molecular weight is 264 g/mol. The van der Waals surface area contributed by atoms with Gasteiger partial charge in [-0.25, -0.2) is 0 Å². The Labute approximate surface area is 117 Å². The lowest BCUT2D eigenvalue weighted by Gasteiger charge is -2.46. The van der Waals surface area contributed by atoms with E-state index in [2.05, 4.69) is 24.9 Å². The van der Waals surface area contributed by atoms with Crippen LogP contribution >= 0.6 is 0 Å². The smallest absolute Gasteiger partial charge is 0.118 e. The Morgan fingerprint density at radius 3 is 2.84 bits per heavy atom. The molecule has 0 aliphatic heterocycles. The molecule has 2 unspecified atom stereocenters. The predicted molar refractivity (Wildman–Crippen MR) is 78.9 cm³/mol. The van der Waals surface area contributed by atoms with Gasteiger partial charge in [-0.15, -0.1) is 0 Å². The van der Waals surface area contributed by atoms with E-state index in [-0.39, 0.29) is 5.54 Å². The van der Waals surface area contributed by atoms with Gasteiger partial charge in [-0.05, 0) is 44.9 Å². The van der Waals surface area contributed by atoms with Crippen LogP contribution in [0.3, 0.4) is 0 Å². The fourth-order valence-corrected chi connectivity index (χ4v) is 3.47. The van der Waals surface area contributed by atoms with Crippen LogP contribution in [0.4, 0.5) is 0 Å². The van der Waals surface area contributed by atoms with Crippen LogP contribution in [0.2, 0.25) is 0 Å². The van der Waals surface area contributed by atoms with Crippen molar-refractivity contribution in [3.63, 3.8) is 0 Å². The standard InChI is InChI=1S/C16H28N2O/c1-4-14-6-5-9-16(10-14,12-17)18(3)11-15-8-7-13(2)19-15/h7-8,14H,4-6,9-12,17H2,1-3H3. The highest BCUT2D eigenvalue weighted by Gasteiger charge is 2.38. The van der Waals surface area contributed by atoms with Crippen LogP contribution < -0.4 is 5.73 Å². The van der Waals surface area contributed by atoms with Gasteiger partial charge in [0.15, 0.2) is 0 Å². The minimum Gasteiger partial charge on any atom is -0.465 e. The summed E-state index contributed by atoms with van der Waals surface area (Å²) in [5.74, 6) is 2.87. The van der Waals surface area contributed by atoms with Crippen LogP contribution in [-0.2, 0) is 6.54 Å². The van der Waals surface area contributed by atoms with Gasteiger partial charge in [-0.1, -0.05) is 26.2 Å². The molecule has 1 fully saturated rings. The summed E-state index contributed by atoms with van der Waals surface area (Å²) in [5.41, 5.74) is 6.31. The number of aryl methyl sites for hydroxylation is 1. The topological polar surface area (TPSA) is 42.4 Å². The molecule has 0 saturated heterocycles. The van der Waals surface area contributed by atoms with Crippen molar-refractivity contribution in [3.8, 4) is 0 Å². The Hall–Kier alpha value is -0.800. The zero-order valence-corrected chi connectivity index (χ0v) is 12.6. The Morgan fingerprint density at radius 2 is 2.26 bits per heavy atom. The highest BCUT2D eigenvalue weighted by molar-refractivity contribution is 5.07. The molecule has 3 nitrogen and oxygen atoms in total. The van der Waals surface area contributed by atoms with Crippen molar-refractivity contribution in [3.05, 3.63) is 23.7 Å². The molecule has 1 aliphatic rings. The molecule has 1 saturated carbocycles. The molecule has 3 heteroatoms. The second-order valence-electron chi connectivity index (χ2n) is 6.17. The summed E-state index contributed by atoms with van der Waals surface area (Å²) in [6, 6.07) is 4.12. The highest BCUT2D eigenvalue weighted by Crippen LogP contribution is 2.37. The van der Waals surface area contributed by atoms with Gasteiger partial charge in [0.1, 0.15) is 11.5 Å². The van der Waals surface area contributed by atoms with Crippen LogP contribution in [0.25, 0.3) is 0 Å². The van der Waals surface area contributed by atoms with E-state index in [9.17, 15) is 0 Å². The molecular formula is C16H28N2O. The van der Waals surface area contributed by atoms with E-state index in [1.807, 2.05) is 13.0 Å². The molecule has 2 N–H and O–H groups in total. The summed E-state index contributed by atoms with van der Waals surface area (Å²) in [7, 11) is 2.20. The Balaban J connectivity index is 2.07. The molecule has 0 spiro atoms. The fourth-order valence-electron chi connectivity index (χ4n) is 3.47. The van der Waals surface area contributed by atoms with E-state index in [4.69, 9.17) is 10.2 Å². The average Bonchev–Trinajstić information content (AvgIpc) is 2.84. The molecule has 0 radical (unpaired) electrons. The lowest BCUT2D eigenvalue weighted by Crippen LogP contribution is -2.54. The number of hydrogen-bond acceptors (Lipinski definition) is 3. The SMILES string of the molecule is CCC1CCCC(CN)(N(C)Cc2ccc(C)o2)C1. The lowest BCUT2D eigenvalue weighted by molar-refractivity contribution is 0.0453. The first-order chi connectivity index (χ1) is 9.09. The summed E-state index contributed by atoms with van der Waals surface area (Å²) in [6.07, 6.45) is 6.39. The van der Waals surface area contributed by atoms with Crippen LogP contribution in [0.1, 0.15) is 50.5 Å². The van der Waals surface area contributed by atoms with E-state index in [0.717, 1.165) is 30.5 Å². The van der Waals surface area contributed by atoms with Gasteiger partial charge in [-0.2, -0.15) is 0 Å². The molecule has 1 heterocycles. The summed E-state index contributed by atoms with van der Waals surface area (Å²) >= 11 is 0. The zero-order chi connectivity index (χ0) is 13.9. The maximum absolute atomic E-state index is 6.14. The zero-order valence-electron chi connectivity index (χ0n) is 12.6. The molecule has 0 amide bonds. The molecule has 108 valence electrons. The normalized spacial score (nSPS) is 27.9. The number of nitrogens with zero attached hydrogens (tertiary/aromatic N) is 1. The number of furan rings is 1. The Kier molecular flexibility index (Phi) is 4.69. The highest BCUT2D eigenvalue weighted by atomic mass is 16.3.